The fourth-order valence-electron chi connectivity index (χ4n) is 7.28. The maximum absolute atomic E-state index is 6.60. The Balaban J connectivity index is 1.37. The molecule has 9 rings (SSSR count). The van der Waals surface area contributed by atoms with Crippen molar-refractivity contribution in [3.63, 3.8) is 0 Å². The molecule has 1 aromatic heterocycles. The topological polar surface area (TPSA) is 22.1 Å². The van der Waals surface area contributed by atoms with Gasteiger partial charge in [-0.25, -0.2) is 4.98 Å². The molecule has 0 N–H and O–H groups in total. The van der Waals surface area contributed by atoms with E-state index in [9.17, 15) is 0 Å². The number of ether oxygens (including phenoxy) is 1. The highest BCUT2D eigenvalue weighted by Crippen LogP contribution is 2.43. The lowest BCUT2D eigenvalue weighted by atomic mass is 9.90. The molecule has 0 amide bonds. The van der Waals surface area contributed by atoms with E-state index in [0.29, 0.717) is 5.92 Å². The van der Waals surface area contributed by atoms with Gasteiger partial charge in [0.05, 0.1) is 11.0 Å². The third kappa shape index (κ3) is 3.75. The van der Waals surface area contributed by atoms with E-state index < -0.39 is 0 Å². The summed E-state index contributed by atoms with van der Waals surface area (Å²) in [4.78, 5) is 5.24. The zero-order chi connectivity index (χ0) is 27.6. The first-order valence-electron chi connectivity index (χ1n) is 15.1. The van der Waals surface area contributed by atoms with Gasteiger partial charge in [-0.1, -0.05) is 79.6 Å². The van der Waals surface area contributed by atoms with Crippen LogP contribution in [0.1, 0.15) is 37.2 Å². The van der Waals surface area contributed by atoms with Crippen molar-refractivity contribution >= 4 is 64.9 Å². The Bertz CT molecular complexity index is 2330. The second kappa shape index (κ2) is 9.29. The highest BCUT2D eigenvalue weighted by atomic mass is 16.5. The summed E-state index contributed by atoms with van der Waals surface area (Å²) in [5.41, 5.74) is 3.43. The summed E-state index contributed by atoms with van der Waals surface area (Å²) in [7, 11) is 0. The van der Waals surface area contributed by atoms with Crippen LogP contribution in [0.15, 0.2) is 121 Å². The number of para-hydroxylation sites is 1. The Morgan fingerprint density at radius 2 is 1.17 bits per heavy atom. The number of aromatic nitrogens is 1. The van der Waals surface area contributed by atoms with Crippen LogP contribution in [0.25, 0.3) is 64.9 Å². The van der Waals surface area contributed by atoms with Gasteiger partial charge in [0.1, 0.15) is 11.5 Å². The number of hydrogen-bond donors (Lipinski definition) is 0. The summed E-state index contributed by atoms with van der Waals surface area (Å²) in [6.45, 7) is 0. The van der Waals surface area contributed by atoms with Crippen LogP contribution in [0.5, 0.6) is 11.5 Å². The molecule has 0 bridgehead atoms. The molecule has 1 saturated carbocycles. The lowest BCUT2D eigenvalue weighted by molar-refractivity contribution is 0.489. The summed E-state index contributed by atoms with van der Waals surface area (Å²) < 4.78 is 6.60. The number of hydrogen-bond acceptors (Lipinski definition) is 2. The fraction of sp³-hybridized carbons (Fsp3) is 0.125. The Labute approximate surface area is 244 Å². The molecular weight excluding hydrogens is 510 g/mol. The van der Waals surface area contributed by atoms with Crippen LogP contribution in [0, 0.1) is 0 Å². The lowest BCUT2D eigenvalue weighted by Crippen LogP contribution is -1.95. The van der Waals surface area contributed by atoms with Crippen LogP contribution in [-0.2, 0) is 0 Å². The lowest BCUT2D eigenvalue weighted by Gasteiger charge is -2.17. The Hall–Kier alpha value is -4.95. The molecule has 0 spiro atoms. The van der Waals surface area contributed by atoms with Crippen molar-refractivity contribution in [1.29, 1.82) is 0 Å². The van der Waals surface area contributed by atoms with Crippen molar-refractivity contribution < 1.29 is 4.74 Å². The van der Waals surface area contributed by atoms with Crippen LogP contribution >= 0.6 is 0 Å². The Morgan fingerprint density at radius 1 is 0.476 bits per heavy atom. The van der Waals surface area contributed by atoms with Crippen molar-refractivity contribution in [1.82, 2.24) is 4.98 Å². The van der Waals surface area contributed by atoms with Crippen LogP contribution < -0.4 is 4.74 Å². The SMILES string of the molecule is c1ccc(Oc2cc3nc4ccc5cc6ccccc6cc5c4cc3c3cc4cccc(C5CCCC5)c4cc23)cc1. The van der Waals surface area contributed by atoms with Crippen molar-refractivity contribution in [3.05, 3.63) is 127 Å². The van der Waals surface area contributed by atoms with E-state index in [2.05, 4.69) is 91.0 Å². The first-order valence-corrected chi connectivity index (χ1v) is 15.1. The van der Waals surface area contributed by atoms with Gasteiger partial charge in [-0.3, -0.25) is 0 Å². The summed E-state index contributed by atoms with van der Waals surface area (Å²) in [5, 5.41) is 12.3. The summed E-state index contributed by atoms with van der Waals surface area (Å²) in [6.07, 6.45) is 5.20. The molecule has 0 saturated heterocycles. The van der Waals surface area contributed by atoms with Crippen LogP contribution in [0.3, 0.4) is 0 Å². The smallest absolute Gasteiger partial charge is 0.137 e. The molecule has 0 atom stereocenters. The van der Waals surface area contributed by atoms with Crippen molar-refractivity contribution in [3.8, 4) is 11.5 Å². The minimum absolute atomic E-state index is 0.636. The average molecular weight is 540 g/mol. The quantitative estimate of drug-likeness (QED) is 0.165. The summed E-state index contributed by atoms with van der Waals surface area (Å²) in [6, 6.07) is 43.8. The molecule has 200 valence electrons. The molecule has 7 aromatic carbocycles. The summed E-state index contributed by atoms with van der Waals surface area (Å²) in [5.74, 6) is 2.32. The first-order chi connectivity index (χ1) is 20.8. The fourth-order valence-corrected chi connectivity index (χ4v) is 7.28. The van der Waals surface area contributed by atoms with E-state index in [0.717, 1.165) is 33.3 Å². The molecule has 42 heavy (non-hydrogen) atoms. The number of nitrogens with zero attached hydrogens (tertiary/aromatic N) is 1. The molecule has 2 heteroatoms. The van der Waals surface area contributed by atoms with Crippen LogP contribution in [0.4, 0.5) is 0 Å². The van der Waals surface area contributed by atoms with Gasteiger partial charge >= 0.3 is 0 Å². The molecule has 1 aliphatic carbocycles. The normalized spacial score (nSPS) is 14.2. The van der Waals surface area contributed by atoms with Gasteiger partial charge in [0, 0.05) is 22.2 Å². The maximum atomic E-state index is 6.60. The Morgan fingerprint density at radius 3 is 2.02 bits per heavy atom. The molecule has 1 fully saturated rings. The zero-order valence-corrected chi connectivity index (χ0v) is 23.3. The predicted molar refractivity (Wildman–Crippen MR) is 177 cm³/mol. The third-order valence-electron chi connectivity index (χ3n) is 9.35. The molecule has 1 aliphatic rings. The predicted octanol–water partition coefficient (Wildman–Crippen LogP) is 11.5. The van der Waals surface area contributed by atoms with Gasteiger partial charge < -0.3 is 4.74 Å². The van der Waals surface area contributed by atoms with E-state index in [4.69, 9.17) is 9.72 Å². The van der Waals surface area contributed by atoms with Gasteiger partial charge in [0.15, 0.2) is 0 Å². The van der Waals surface area contributed by atoms with Crippen molar-refractivity contribution in [2.24, 2.45) is 0 Å². The molecular formula is C40H29NO. The molecule has 8 aromatic rings. The Kier molecular flexibility index (Phi) is 5.25. The van der Waals surface area contributed by atoms with Gasteiger partial charge in [0.25, 0.3) is 0 Å². The highest BCUT2D eigenvalue weighted by Gasteiger charge is 2.20. The summed E-state index contributed by atoms with van der Waals surface area (Å²) >= 11 is 0. The number of fused-ring (bicyclic) bond motifs is 8. The maximum Gasteiger partial charge on any atom is 0.137 e. The molecule has 0 aliphatic heterocycles. The van der Waals surface area contributed by atoms with Crippen LogP contribution in [-0.4, -0.2) is 4.98 Å². The average Bonchev–Trinajstić information content (AvgIpc) is 3.58. The van der Waals surface area contributed by atoms with E-state index in [1.807, 2.05) is 30.3 Å². The first kappa shape index (κ1) is 23.7. The number of rotatable bonds is 3. The second-order valence-corrected chi connectivity index (χ2v) is 11.8. The second-order valence-electron chi connectivity index (χ2n) is 11.8. The van der Waals surface area contributed by atoms with E-state index in [1.165, 1.54) is 74.3 Å². The van der Waals surface area contributed by atoms with Crippen molar-refractivity contribution in [2.75, 3.05) is 0 Å². The highest BCUT2D eigenvalue weighted by molar-refractivity contribution is 6.19. The molecule has 0 unspecified atom stereocenters. The van der Waals surface area contributed by atoms with E-state index in [1.54, 1.807) is 0 Å². The largest absolute Gasteiger partial charge is 0.457 e. The zero-order valence-electron chi connectivity index (χ0n) is 23.3. The standard InChI is InChI=1S/C40H29NO/c1-2-14-30(15-3-1)42-40-24-39-36(34-21-28-13-8-16-31(25-9-4-5-10-25)33(28)22-37(34)40)23-35-32-20-27-12-7-6-11-26(27)19-29(32)17-18-38(35)41-39/h1-3,6-8,11-25H,4-5,9-10H2. The molecule has 0 radical (unpaired) electrons. The van der Waals surface area contributed by atoms with Crippen LogP contribution in [0.2, 0.25) is 0 Å². The van der Waals surface area contributed by atoms with Gasteiger partial charge in [-0.15, -0.1) is 0 Å². The van der Waals surface area contributed by atoms with Crippen molar-refractivity contribution in [2.45, 2.75) is 31.6 Å². The van der Waals surface area contributed by atoms with Gasteiger partial charge in [-0.2, -0.15) is 0 Å². The monoisotopic (exact) mass is 539 g/mol. The van der Waals surface area contributed by atoms with E-state index in [-0.39, 0.29) is 0 Å². The van der Waals surface area contributed by atoms with Gasteiger partial charge in [0.2, 0.25) is 0 Å². The minimum atomic E-state index is 0.636. The molecule has 1 heterocycles. The molecule has 2 nitrogen and oxygen atoms in total. The third-order valence-corrected chi connectivity index (χ3v) is 9.35. The minimum Gasteiger partial charge on any atom is -0.457 e. The van der Waals surface area contributed by atoms with Gasteiger partial charge in [-0.05, 0) is 111 Å². The number of benzene rings is 7. The van der Waals surface area contributed by atoms with E-state index >= 15 is 0 Å². The number of pyridine rings is 1.